The van der Waals surface area contributed by atoms with Gasteiger partial charge in [-0.1, -0.05) is 36.4 Å². The summed E-state index contributed by atoms with van der Waals surface area (Å²) >= 11 is 0. The summed E-state index contributed by atoms with van der Waals surface area (Å²) in [4.78, 5) is 0. The second kappa shape index (κ2) is 5.95. The molecule has 3 heteroatoms. The summed E-state index contributed by atoms with van der Waals surface area (Å²) in [6, 6.07) is 10.4. The summed E-state index contributed by atoms with van der Waals surface area (Å²) in [5, 5.41) is 7.04. The van der Waals surface area contributed by atoms with Gasteiger partial charge in [-0.15, -0.1) is 0 Å². The molecule has 0 unspecified atom stereocenters. The number of hydrazone groups is 1. The number of benzene rings is 1. The van der Waals surface area contributed by atoms with Crippen LogP contribution in [0.1, 0.15) is 18.4 Å². The van der Waals surface area contributed by atoms with Crippen molar-refractivity contribution in [3.05, 3.63) is 42.0 Å². The highest BCUT2D eigenvalue weighted by molar-refractivity contribution is 5.65. The van der Waals surface area contributed by atoms with Crippen molar-refractivity contribution in [1.29, 1.82) is 0 Å². The predicted octanol–water partition coefficient (Wildman–Crippen LogP) is 1.99. The van der Waals surface area contributed by atoms with Crippen LogP contribution in [-0.2, 0) is 0 Å². The standard InChI is InChI=1S/C10H11N.C3H6N2/c1-2-5-9(6-3-1)10-7-4-8-11-10;1-2-4-5-3-1/h1-3,5-7,11H,4,8H2;2,5H,1,3H2. The van der Waals surface area contributed by atoms with Crippen LogP contribution in [-0.4, -0.2) is 19.3 Å². The lowest BCUT2D eigenvalue weighted by Crippen LogP contribution is -2.05. The van der Waals surface area contributed by atoms with Crippen molar-refractivity contribution in [1.82, 2.24) is 10.7 Å². The third-order valence-electron chi connectivity index (χ3n) is 2.46. The first kappa shape index (κ1) is 10.7. The minimum atomic E-state index is 1.03. The number of hydrogen-bond donors (Lipinski definition) is 2. The first-order valence-electron chi connectivity index (χ1n) is 5.70. The molecule has 0 radical (unpaired) electrons. The maximum absolute atomic E-state index is 3.71. The molecule has 0 saturated heterocycles. The fraction of sp³-hybridized carbons (Fsp3) is 0.308. The summed E-state index contributed by atoms with van der Waals surface area (Å²) in [7, 11) is 0. The Labute approximate surface area is 96.3 Å². The number of nitrogens with one attached hydrogen (secondary N) is 2. The van der Waals surface area contributed by atoms with Gasteiger partial charge in [-0.3, -0.25) is 0 Å². The van der Waals surface area contributed by atoms with Crippen LogP contribution in [0.15, 0.2) is 41.5 Å². The van der Waals surface area contributed by atoms with E-state index < -0.39 is 0 Å². The van der Waals surface area contributed by atoms with Gasteiger partial charge in [-0.25, -0.2) is 0 Å². The molecule has 2 aliphatic heterocycles. The van der Waals surface area contributed by atoms with Crippen molar-refractivity contribution < 1.29 is 0 Å². The van der Waals surface area contributed by atoms with Crippen molar-refractivity contribution >= 4 is 11.9 Å². The molecule has 84 valence electrons. The molecular weight excluding hydrogens is 198 g/mol. The van der Waals surface area contributed by atoms with Crippen LogP contribution in [0.25, 0.3) is 5.70 Å². The Morgan fingerprint density at radius 3 is 2.38 bits per heavy atom. The predicted molar refractivity (Wildman–Crippen MR) is 68.2 cm³/mol. The van der Waals surface area contributed by atoms with Crippen LogP contribution < -0.4 is 10.7 Å². The second-order valence-electron chi connectivity index (χ2n) is 3.71. The zero-order chi connectivity index (χ0) is 11.1. The van der Waals surface area contributed by atoms with E-state index in [2.05, 4.69) is 46.2 Å². The quantitative estimate of drug-likeness (QED) is 0.751. The minimum absolute atomic E-state index is 1.03. The van der Waals surface area contributed by atoms with Crippen LogP contribution in [0.3, 0.4) is 0 Å². The Morgan fingerprint density at radius 1 is 1.00 bits per heavy atom. The van der Waals surface area contributed by atoms with E-state index >= 15 is 0 Å². The number of nitrogens with zero attached hydrogens (tertiary/aromatic N) is 1. The zero-order valence-electron chi connectivity index (χ0n) is 9.32. The van der Waals surface area contributed by atoms with Gasteiger partial charge in [-0.05, 0) is 12.0 Å². The van der Waals surface area contributed by atoms with Crippen molar-refractivity contribution in [3.63, 3.8) is 0 Å². The highest BCUT2D eigenvalue weighted by Crippen LogP contribution is 2.14. The molecule has 0 fully saturated rings. The molecule has 0 atom stereocenters. The molecule has 2 heterocycles. The number of rotatable bonds is 1. The highest BCUT2D eigenvalue weighted by atomic mass is 15.3. The summed E-state index contributed by atoms with van der Waals surface area (Å²) in [5.41, 5.74) is 5.37. The van der Waals surface area contributed by atoms with Crippen molar-refractivity contribution in [2.75, 3.05) is 13.1 Å². The Morgan fingerprint density at radius 2 is 1.88 bits per heavy atom. The lowest BCUT2D eigenvalue weighted by atomic mass is 10.2. The fourth-order valence-electron chi connectivity index (χ4n) is 1.66. The molecule has 0 amide bonds. The molecule has 2 N–H and O–H groups in total. The van der Waals surface area contributed by atoms with Crippen molar-refractivity contribution in [3.8, 4) is 0 Å². The van der Waals surface area contributed by atoms with Crippen LogP contribution in [0.4, 0.5) is 0 Å². The highest BCUT2D eigenvalue weighted by Gasteiger charge is 2.03. The Hall–Kier alpha value is -1.77. The smallest absolute Gasteiger partial charge is 0.0379 e. The van der Waals surface area contributed by atoms with E-state index in [1.165, 1.54) is 11.3 Å². The van der Waals surface area contributed by atoms with Crippen molar-refractivity contribution in [2.24, 2.45) is 5.10 Å². The molecule has 2 aliphatic rings. The van der Waals surface area contributed by atoms with Crippen molar-refractivity contribution in [2.45, 2.75) is 12.8 Å². The topological polar surface area (TPSA) is 36.4 Å². The molecule has 1 aromatic rings. The summed E-state index contributed by atoms with van der Waals surface area (Å²) < 4.78 is 0. The van der Waals surface area contributed by atoms with E-state index in [-0.39, 0.29) is 0 Å². The minimum Gasteiger partial charge on any atom is -0.385 e. The average Bonchev–Trinajstić information content (AvgIpc) is 3.07. The monoisotopic (exact) mass is 215 g/mol. The summed E-state index contributed by atoms with van der Waals surface area (Å²) in [6.07, 6.45) is 6.37. The maximum Gasteiger partial charge on any atom is 0.0379 e. The molecule has 0 saturated carbocycles. The first-order chi connectivity index (χ1) is 7.97. The molecule has 0 aromatic heterocycles. The SMILES string of the molecule is C1=C(c2ccccc2)NCC1.C1=NNCC1. The van der Waals surface area contributed by atoms with Gasteiger partial charge in [0.1, 0.15) is 0 Å². The molecule has 3 nitrogen and oxygen atoms in total. The maximum atomic E-state index is 3.71. The molecule has 3 rings (SSSR count). The van der Waals surface area contributed by atoms with Crippen LogP contribution >= 0.6 is 0 Å². The summed E-state index contributed by atoms with van der Waals surface area (Å²) in [6.45, 7) is 2.12. The number of hydrogen-bond acceptors (Lipinski definition) is 3. The Kier molecular flexibility index (Phi) is 4.00. The molecular formula is C13H17N3. The zero-order valence-corrected chi connectivity index (χ0v) is 9.32. The fourth-order valence-corrected chi connectivity index (χ4v) is 1.66. The van der Waals surface area contributed by atoms with E-state index in [1.54, 1.807) is 0 Å². The largest absolute Gasteiger partial charge is 0.385 e. The Balaban J connectivity index is 0.000000162. The Bertz CT molecular complexity index is 362. The third kappa shape index (κ3) is 3.12. The van der Waals surface area contributed by atoms with E-state index in [9.17, 15) is 0 Å². The third-order valence-corrected chi connectivity index (χ3v) is 2.46. The molecule has 0 spiro atoms. The first-order valence-corrected chi connectivity index (χ1v) is 5.70. The van der Waals surface area contributed by atoms with Gasteiger partial charge >= 0.3 is 0 Å². The lowest BCUT2D eigenvalue weighted by Gasteiger charge is -2.02. The van der Waals surface area contributed by atoms with E-state index in [0.717, 1.165) is 25.9 Å². The van der Waals surface area contributed by atoms with Gasteiger partial charge in [0, 0.05) is 31.4 Å². The van der Waals surface area contributed by atoms with E-state index in [1.807, 2.05) is 12.3 Å². The summed E-state index contributed by atoms with van der Waals surface area (Å²) in [5.74, 6) is 0. The van der Waals surface area contributed by atoms with E-state index in [0.29, 0.717) is 0 Å². The van der Waals surface area contributed by atoms with Crippen LogP contribution in [0.5, 0.6) is 0 Å². The van der Waals surface area contributed by atoms with Crippen LogP contribution in [0, 0.1) is 0 Å². The lowest BCUT2D eigenvalue weighted by molar-refractivity contribution is 0.813. The van der Waals surface area contributed by atoms with Gasteiger partial charge in [0.2, 0.25) is 0 Å². The molecule has 1 aromatic carbocycles. The van der Waals surface area contributed by atoms with Gasteiger partial charge in [-0.2, -0.15) is 5.10 Å². The normalized spacial score (nSPS) is 16.9. The van der Waals surface area contributed by atoms with Crippen LogP contribution in [0.2, 0.25) is 0 Å². The molecule has 0 aliphatic carbocycles. The van der Waals surface area contributed by atoms with E-state index in [4.69, 9.17) is 0 Å². The average molecular weight is 215 g/mol. The second-order valence-corrected chi connectivity index (χ2v) is 3.71. The van der Waals surface area contributed by atoms with Gasteiger partial charge in [0.15, 0.2) is 0 Å². The van der Waals surface area contributed by atoms with Gasteiger partial charge in [0.25, 0.3) is 0 Å². The molecule has 0 bridgehead atoms. The van der Waals surface area contributed by atoms with Gasteiger partial charge < -0.3 is 10.7 Å². The molecule has 16 heavy (non-hydrogen) atoms. The van der Waals surface area contributed by atoms with Gasteiger partial charge in [0.05, 0.1) is 0 Å².